The van der Waals surface area contributed by atoms with Gasteiger partial charge in [0.05, 0.1) is 9.23 Å². The topological polar surface area (TPSA) is 130 Å². The number of amides is 1. The molecule has 1 aromatic heterocycles. The van der Waals surface area contributed by atoms with Crippen molar-refractivity contribution >= 4 is 48.9 Å². The van der Waals surface area contributed by atoms with Crippen LogP contribution in [-0.2, 0) is 24.8 Å². The van der Waals surface area contributed by atoms with Crippen molar-refractivity contribution in [3.8, 4) is 0 Å². The molecule has 14 heteroatoms. The molecular weight excluding hydrogens is 491 g/mol. The highest BCUT2D eigenvalue weighted by Crippen LogP contribution is 2.31. The Labute approximate surface area is 188 Å². The molecule has 1 aliphatic rings. The van der Waals surface area contributed by atoms with Crippen LogP contribution in [0.3, 0.4) is 0 Å². The van der Waals surface area contributed by atoms with Crippen molar-refractivity contribution in [1.29, 1.82) is 0 Å². The number of rotatable bonds is 7. The molecule has 3 rings (SSSR count). The van der Waals surface area contributed by atoms with Crippen LogP contribution >= 0.6 is 22.9 Å². The fourth-order valence-corrected chi connectivity index (χ4v) is 7.70. The smallest absolute Gasteiger partial charge is 0.253 e. The van der Waals surface area contributed by atoms with E-state index in [0.717, 1.165) is 44.2 Å². The second-order valence-corrected chi connectivity index (χ2v) is 12.4. The van der Waals surface area contributed by atoms with Crippen molar-refractivity contribution in [2.75, 3.05) is 32.7 Å². The number of nitrogens with zero attached hydrogens (tertiary/aromatic N) is 2. The van der Waals surface area contributed by atoms with E-state index in [0.29, 0.717) is 0 Å². The van der Waals surface area contributed by atoms with Crippen LogP contribution in [0.15, 0.2) is 45.5 Å². The summed E-state index contributed by atoms with van der Waals surface area (Å²) in [5.74, 6) is -1.26. The first kappa shape index (κ1) is 24.0. The average Bonchev–Trinajstić information content (AvgIpc) is 3.19. The van der Waals surface area contributed by atoms with Gasteiger partial charge in [-0.25, -0.2) is 21.2 Å². The standard InChI is InChI=1S/C17H20ClFN4O5S3/c18-15-5-6-16(29-15)31(27,28)23-10-9-22(11-14(23)17(24)21-8-7-20)30(25,26)13-3-1-12(19)2-4-13/h1-6,14H,7-11,20H2,(H,21,24). The van der Waals surface area contributed by atoms with E-state index in [1.165, 1.54) is 12.1 Å². The third-order valence-electron chi connectivity index (χ3n) is 4.60. The number of nitrogens with one attached hydrogen (secondary N) is 1. The molecule has 1 unspecified atom stereocenters. The summed E-state index contributed by atoms with van der Waals surface area (Å²) in [6.07, 6.45) is 0. The number of sulfonamides is 2. The number of hydrogen-bond donors (Lipinski definition) is 2. The van der Waals surface area contributed by atoms with Crippen molar-refractivity contribution in [3.05, 3.63) is 46.6 Å². The Balaban J connectivity index is 1.93. The van der Waals surface area contributed by atoms with E-state index in [9.17, 15) is 26.0 Å². The first-order valence-corrected chi connectivity index (χ1v) is 13.2. The molecule has 2 heterocycles. The Morgan fingerprint density at radius 1 is 1.13 bits per heavy atom. The number of carbonyl (C=O) groups excluding carboxylic acids is 1. The van der Waals surface area contributed by atoms with E-state index >= 15 is 0 Å². The highest BCUT2D eigenvalue weighted by molar-refractivity contribution is 7.91. The quantitative estimate of drug-likeness (QED) is 0.563. The van der Waals surface area contributed by atoms with E-state index in [4.69, 9.17) is 17.3 Å². The van der Waals surface area contributed by atoms with Crippen molar-refractivity contribution in [2.45, 2.75) is 15.1 Å². The lowest BCUT2D eigenvalue weighted by molar-refractivity contribution is -0.125. The third kappa shape index (κ3) is 5.08. The van der Waals surface area contributed by atoms with Gasteiger partial charge in [0.25, 0.3) is 10.0 Å². The van der Waals surface area contributed by atoms with E-state index < -0.39 is 44.4 Å². The van der Waals surface area contributed by atoms with Crippen molar-refractivity contribution < 1.29 is 26.0 Å². The minimum atomic E-state index is -4.10. The second kappa shape index (κ2) is 9.48. The van der Waals surface area contributed by atoms with Gasteiger partial charge >= 0.3 is 0 Å². The van der Waals surface area contributed by atoms with E-state index in [2.05, 4.69) is 5.32 Å². The van der Waals surface area contributed by atoms with Crippen LogP contribution in [-0.4, -0.2) is 70.1 Å². The molecule has 1 atom stereocenters. The summed E-state index contributed by atoms with van der Waals surface area (Å²) in [7, 11) is -8.17. The van der Waals surface area contributed by atoms with Gasteiger partial charge in [0.1, 0.15) is 16.1 Å². The summed E-state index contributed by atoms with van der Waals surface area (Å²) in [5, 5.41) is 2.52. The Morgan fingerprint density at radius 3 is 2.39 bits per heavy atom. The number of thiophene rings is 1. The van der Waals surface area contributed by atoms with Crippen molar-refractivity contribution in [1.82, 2.24) is 13.9 Å². The third-order valence-corrected chi connectivity index (χ3v) is 10.1. The monoisotopic (exact) mass is 510 g/mol. The normalized spacial score (nSPS) is 18.7. The number of halogens is 2. The Morgan fingerprint density at radius 2 is 1.81 bits per heavy atom. The van der Waals surface area contributed by atoms with Crippen LogP contribution in [0.5, 0.6) is 0 Å². The molecule has 0 radical (unpaired) electrons. The van der Waals surface area contributed by atoms with Gasteiger partial charge in [0.15, 0.2) is 0 Å². The number of piperazine rings is 1. The van der Waals surface area contributed by atoms with Gasteiger partial charge in [-0.2, -0.15) is 8.61 Å². The fraction of sp³-hybridized carbons (Fsp3) is 0.353. The van der Waals surface area contributed by atoms with Gasteiger partial charge < -0.3 is 11.1 Å². The van der Waals surface area contributed by atoms with Gasteiger partial charge in [0, 0.05) is 32.7 Å². The lowest BCUT2D eigenvalue weighted by Crippen LogP contribution is -2.61. The molecule has 1 amide bonds. The van der Waals surface area contributed by atoms with Crippen LogP contribution in [0, 0.1) is 5.82 Å². The Hall–Kier alpha value is -1.61. The molecule has 3 N–H and O–H groups in total. The van der Waals surface area contributed by atoms with Crippen LogP contribution in [0.1, 0.15) is 0 Å². The number of hydrogen-bond acceptors (Lipinski definition) is 7. The maximum absolute atomic E-state index is 13.2. The molecule has 0 aliphatic carbocycles. The number of nitrogens with two attached hydrogens (primary N) is 1. The Bertz CT molecular complexity index is 1150. The number of benzene rings is 1. The highest BCUT2D eigenvalue weighted by atomic mass is 35.5. The molecule has 1 fully saturated rings. The summed E-state index contributed by atoms with van der Waals surface area (Å²) >= 11 is 6.70. The maximum atomic E-state index is 13.2. The molecule has 0 bridgehead atoms. The summed E-state index contributed by atoms with van der Waals surface area (Å²) in [6, 6.07) is 5.70. The molecule has 170 valence electrons. The summed E-state index contributed by atoms with van der Waals surface area (Å²) in [4.78, 5) is 12.6. The van der Waals surface area contributed by atoms with E-state index in [1.807, 2.05) is 0 Å². The molecule has 31 heavy (non-hydrogen) atoms. The van der Waals surface area contributed by atoms with Gasteiger partial charge in [-0.1, -0.05) is 11.6 Å². The van der Waals surface area contributed by atoms with Crippen LogP contribution < -0.4 is 11.1 Å². The lowest BCUT2D eigenvalue weighted by Gasteiger charge is -2.38. The van der Waals surface area contributed by atoms with E-state index in [1.54, 1.807) is 0 Å². The van der Waals surface area contributed by atoms with Crippen LogP contribution in [0.4, 0.5) is 4.39 Å². The van der Waals surface area contributed by atoms with Crippen LogP contribution in [0.25, 0.3) is 0 Å². The first-order valence-electron chi connectivity index (χ1n) is 9.08. The van der Waals surface area contributed by atoms with Gasteiger partial charge in [-0.3, -0.25) is 4.79 Å². The summed E-state index contributed by atoms with van der Waals surface area (Å²) in [5.41, 5.74) is 5.41. The zero-order valence-corrected chi connectivity index (χ0v) is 19.3. The minimum Gasteiger partial charge on any atom is -0.353 e. The van der Waals surface area contributed by atoms with Crippen LogP contribution in [0.2, 0.25) is 4.34 Å². The molecular formula is C17H20ClFN4O5S3. The highest BCUT2D eigenvalue weighted by Gasteiger charge is 2.43. The fourth-order valence-electron chi connectivity index (χ4n) is 3.08. The summed E-state index contributed by atoms with van der Waals surface area (Å²) < 4.78 is 67.6. The average molecular weight is 511 g/mol. The molecule has 1 aromatic carbocycles. The molecule has 9 nitrogen and oxygen atoms in total. The Kier molecular flexibility index (Phi) is 7.35. The molecule has 0 saturated carbocycles. The summed E-state index contributed by atoms with van der Waals surface area (Å²) in [6.45, 7) is -0.617. The van der Waals surface area contributed by atoms with E-state index in [-0.39, 0.29) is 39.6 Å². The first-order chi connectivity index (χ1) is 14.6. The SMILES string of the molecule is NCCNC(=O)C1CN(S(=O)(=O)c2ccc(F)cc2)CCN1S(=O)(=O)c1ccc(Cl)s1. The predicted molar refractivity (Wildman–Crippen MR) is 114 cm³/mol. The second-order valence-electron chi connectivity index (χ2n) is 6.59. The maximum Gasteiger partial charge on any atom is 0.253 e. The molecule has 2 aromatic rings. The lowest BCUT2D eigenvalue weighted by atomic mass is 10.2. The largest absolute Gasteiger partial charge is 0.353 e. The molecule has 1 aliphatic heterocycles. The van der Waals surface area contributed by atoms with Crippen molar-refractivity contribution in [3.63, 3.8) is 0 Å². The van der Waals surface area contributed by atoms with Gasteiger partial charge in [-0.05, 0) is 36.4 Å². The van der Waals surface area contributed by atoms with Gasteiger partial charge in [-0.15, -0.1) is 11.3 Å². The number of carbonyl (C=O) groups is 1. The predicted octanol–water partition coefficient (Wildman–Crippen LogP) is 0.679. The van der Waals surface area contributed by atoms with Gasteiger partial charge in [0.2, 0.25) is 15.9 Å². The van der Waals surface area contributed by atoms with Crippen molar-refractivity contribution in [2.24, 2.45) is 5.73 Å². The zero-order valence-electron chi connectivity index (χ0n) is 16.1. The molecule has 0 spiro atoms. The zero-order chi connectivity index (χ0) is 22.8. The minimum absolute atomic E-state index is 0.0519. The molecule has 1 saturated heterocycles.